The molecule has 1 N–H and O–H groups in total. The third kappa shape index (κ3) is 2.61. The van der Waals surface area contributed by atoms with Gasteiger partial charge in [-0.15, -0.1) is 11.3 Å². The number of aryl methyl sites for hydroxylation is 1. The Morgan fingerprint density at radius 2 is 2.06 bits per heavy atom. The van der Waals surface area contributed by atoms with Gasteiger partial charge in [0.2, 0.25) is 0 Å². The predicted molar refractivity (Wildman–Crippen MR) is 65.2 cm³/mol. The van der Waals surface area contributed by atoms with Gasteiger partial charge in [-0.2, -0.15) is 0 Å². The monoisotopic (exact) mass is 254 g/mol. The smallest absolute Gasteiger partial charge is 0.146 e. The van der Waals surface area contributed by atoms with Crippen molar-refractivity contribution in [1.82, 2.24) is 4.98 Å². The summed E-state index contributed by atoms with van der Waals surface area (Å²) in [5.41, 5.74) is 2.19. The minimum Gasteiger partial charge on any atom is -0.375 e. The van der Waals surface area contributed by atoms with Gasteiger partial charge in [-0.25, -0.2) is 8.78 Å². The molecule has 1 aromatic carbocycles. The van der Waals surface area contributed by atoms with Gasteiger partial charge in [0.25, 0.3) is 0 Å². The van der Waals surface area contributed by atoms with E-state index in [-0.39, 0.29) is 11.7 Å². The first-order valence-corrected chi connectivity index (χ1v) is 6.06. The summed E-state index contributed by atoms with van der Waals surface area (Å²) >= 11 is 1.47. The third-order valence-electron chi connectivity index (χ3n) is 2.50. The van der Waals surface area contributed by atoms with Gasteiger partial charge in [0.05, 0.1) is 17.2 Å². The van der Waals surface area contributed by atoms with Crippen molar-refractivity contribution in [3.8, 4) is 0 Å². The van der Waals surface area contributed by atoms with E-state index in [0.29, 0.717) is 5.56 Å². The van der Waals surface area contributed by atoms with Gasteiger partial charge in [-0.05, 0) is 25.5 Å². The molecule has 1 heterocycles. The largest absolute Gasteiger partial charge is 0.375 e. The number of halogens is 2. The molecule has 5 heteroatoms. The second-order valence-electron chi connectivity index (χ2n) is 3.85. The lowest BCUT2D eigenvalue weighted by molar-refractivity contribution is 0.593. The third-order valence-corrected chi connectivity index (χ3v) is 3.46. The number of thiazole rings is 1. The Morgan fingerprint density at radius 3 is 2.71 bits per heavy atom. The summed E-state index contributed by atoms with van der Waals surface area (Å²) in [7, 11) is 0. The molecule has 0 amide bonds. The van der Waals surface area contributed by atoms with Crippen LogP contribution in [0.3, 0.4) is 0 Å². The molecular formula is C12H12F2N2S. The highest BCUT2D eigenvalue weighted by molar-refractivity contribution is 7.09. The van der Waals surface area contributed by atoms with Crippen LogP contribution in [0.1, 0.15) is 23.4 Å². The first kappa shape index (κ1) is 12.0. The second kappa shape index (κ2) is 4.79. The number of hydrogen-bond donors (Lipinski definition) is 1. The van der Waals surface area contributed by atoms with Crippen LogP contribution in [0, 0.1) is 18.6 Å². The molecule has 0 spiro atoms. The second-order valence-corrected chi connectivity index (χ2v) is 4.77. The molecular weight excluding hydrogens is 242 g/mol. The predicted octanol–water partition coefficient (Wildman–Crippen LogP) is 3.90. The fraction of sp³-hybridized carbons (Fsp3) is 0.250. The summed E-state index contributed by atoms with van der Waals surface area (Å²) in [6.45, 7) is 3.42. The molecule has 2 nitrogen and oxygen atoms in total. The molecule has 0 aliphatic carbocycles. The van der Waals surface area contributed by atoms with Crippen LogP contribution in [0.4, 0.5) is 14.5 Å². The lowest BCUT2D eigenvalue weighted by Gasteiger charge is -2.14. The normalized spacial score (nSPS) is 12.5. The highest BCUT2D eigenvalue weighted by Gasteiger charge is 2.12. The standard InChI is InChI=1S/C12H12F2N2S/c1-7-3-10(14)11(4-9(7)13)16-8(2)12-5-15-6-17-12/h3-6,8,16H,1-2H3. The van der Waals surface area contributed by atoms with E-state index in [1.807, 2.05) is 6.92 Å². The van der Waals surface area contributed by atoms with Crippen LogP contribution in [-0.2, 0) is 0 Å². The summed E-state index contributed by atoms with van der Waals surface area (Å²) in [6, 6.07) is 2.28. The number of anilines is 1. The number of nitrogens with zero attached hydrogens (tertiary/aromatic N) is 1. The fourth-order valence-electron chi connectivity index (χ4n) is 1.50. The van der Waals surface area contributed by atoms with Crippen molar-refractivity contribution in [1.29, 1.82) is 0 Å². The Morgan fingerprint density at radius 1 is 1.29 bits per heavy atom. The Kier molecular flexibility index (Phi) is 3.38. The average Bonchev–Trinajstić information content (AvgIpc) is 2.79. The molecule has 90 valence electrons. The molecule has 0 bridgehead atoms. The highest BCUT2D eigenvalue weighted by atomic mass is 32.1. The highest BCUT2D eigenvalue weighted by Crippen LogP contribution is 2.25. The Balaban J connectivity index is 2.22. The van der Waals surface area contributed by atoms with E-state index < -0.39 is 11.6 Å². The van der Waals surface area contributed by atoms with Crippen molar-refractivity contribution >= 4 is 17.0 Å². The summed E-state index contributed by atoms with van der Waals surface area (Å²) in [4.78, 5) is 4.93. The van der Waals surface area contributed by atoms with E-state index in [4.69, 9.17) is 0 Å². The quantitative estimate of drug-likeness (QED) is 0.898. The van der Waals surface area contributed by atoms with E-state index in [1.54, 1.807) is 11.7 Å². The zero-order chi connectivity index (χ0) is 12.4. The van der Waals surface area contributed by atoms with Gasteiger partial charge in [0, 0.05) is 17.1 Å². The molecule has 0 saturated heterocycles. The summed E-state index contributed by atoms with van der Waals surface area (Å²) in [5.74, 6) is -0.856. The van der Waals surface area contributed by atoms with Gasteiger partial charge in [-0.1, -0.05) is 0 Å². The zero-order valence-corrected chi connectivity index (χ0v) is 10.3. The van der Waals surface area contributed by atoms with Crippen molar-refractivity contribution in [3.63, 3.8) is 0 Å². The van der Waals surface area contributed by atoms with Crippen LogP contribution in [0.2, 0.25) is 0 Å². The van der Waals surface area contributed by atoms with Crippen LogP contribution in [0.5, 0.6) is 0 Å². The van der Waals surface area contributed by atoms with Crippen molar-refractivity contribution in [3.05, 3.63) is 45.9 Å². The van der Waals surface area contributed by atoms with Gasteiger partial charge in [0.1, 0.15) is 11.6 Å². The molecule has 2 aromatic rings. The maximum absolute atomic E-state index is 13.6. The van der Waals surface area contributed by atoms with Gasteiger partial charge in [-0.3, -0.25) is 4.98 Å². The molecule has 17 heavy (non-hydrogen) atoms. The van der Waals surface area contributed by atoms with Gasteiger partial charge >= 0.3 is 0 Å². The van der Waals surface area contributed by atoms with Gasteiger partial charge in [0.15, 0.2) is 0 Å². The number of nitrogens with one attached hydrogen (secondary N) is 1. The number of benzene rings is 1. The Hall–Kier alpha value is -1.49. The van der Waals surface area contributed by atoms with Gasteiger partial charge < -0.3 is 5.32 Å². The minimum atomic E-state index is -0.444. The average molecular weight is 254 g/mol. The molecule has 0 fully saturated rings. The van der Waals surface area contributed by atoms with E-state index in [9.17, 15) is 8.78 Å². The van der Waals surface area contributed by atoms with Crippen LogP contribution < -0.4 is 5.32 Å². The number of hydrogen-bond acceptors (Lipinski definition) is 3. The zero-order valence-electron chi connectivity index (χ0n) is 9.50. The molecule has 0 aliphatic rings. The van der Waals surface area contributed by atoms with E-state index in [2.05, 4.69) is 10.3 Å². The van der Waals surface area contributed by atoms with Crippen LogP contribution in [-0.4, -0.2) is 4.98 Å². The molecule has 1 unspecified atom stereocenters. The fourth-order valence-corrected chi connectivity index (χ4v) is 2.13. The Labute approximate surface area is 102 Å². The van der Waals surface area contributed by atoms with Crippen LogP contribution in [0.25, 0.3) is 0 Å². The summed E-state index contributed by atoms with van der Waals surface area (Å²) in [6.07, 6.45) is 1.71. The summed E-state index contributed by atoms with van der Waals surface area (Å²) in [5, 5.41) is 2.94. The molecule has 1 atom stereocenters. The first-order chi connectivity index (χ1) is 8.08. The minimum absolute atomic E-state index is 0.0980. The molecule has 0 aliphatic heterocycles. The van der Waals surface area contributed by atoms with Crippen molar-refractivity contribution in [2.45, 2.75) is 19.9 Å². The van der Waals surface area contributed by atoms with E-state index in [0.717, 1.165) is 4.88 Å². The molecule has 2 rings (SSSR count). The number of rotatable bonds is 3. The SMILES string of the molecule is Cc1cc(F)c(NC(C)c2cncs2)cc1F. The summed E-state index contributed by atoms with van der Waals surface area (Å²) < 4.78 is 26.9. The molecule has 0 saturated carbocycles. The van der Waals surface area contributed by atoms with Crippen LogP contribution in [0.15, 0.2) is 23.8 Å². The van der Waals surface area contributed by atoms with Crippen molar-refractivity contribution in [2.75, 3.05) is 5.32 Å². The maximum atomic E-state index is 13.6. The van der Waals surface area contributed by atoms with Crippen LogP contribution >= 0.6 is 11.3 Å². The number of aromatic nitrogens is 1. The maximum Gasteiger partial charge on any atom is 0.146 e. The lowest BCUT2D eigenvalue weighted by Crippen LogP contribution is -2.07. The lowest BCUT2D eigenvalue weighted by atomic mass is 10.2. The van der Waals surface area contributed by atoms with E-state index >= 15 is 0 Å². The van der Waals surface area contributed by atoms with E-state index in [1.165, 1.54) is 30.4 Å². The Bertz CT molecular complexity index is 511. The van der Waals surface area contributed by atoms with Crippen molar-refractivity contribution < 1.29 is 8.78 Å². The van der Waals surface area contributed by atoms with Crippen molar-refractivity contribution in [2.24, 2.45) is 0 Å². The topological polar surface area (TPSA) is 24.9 Å². The first-order valence-electron chi connectivity index (χ1n) is 5.18. The molecule has 1 aromatic heterocycles. The molecule has 0 radical (unpaired) electrons.